The number of amides is 1. The number of rotatable bonds is 3. The van der Waals surface area contributed by atoms with E-state index in [9.17, 15) is 4.79 Å². The van der Waals surface area contributed by atoms with Crippen molar-refractivity contribution in [1.82, 2.24) is 24.5 Å². The predicted octanol–water partition coefficient (Wildman–Crippen LogP) is 1.30. The largest absolute Gasteiger partial charge is 0.343 e. The lowest BCUT2D eigenvalue weighted by Crippen LogP contribution is -2.28. The van der Waals surface area contributed by atoms with E-state index in [-0.39, 0.29) is 5.91 Å². The molecule has 3 rings (SSSR count). The molecular weight excluding hydrogens is 254 g/mol. The topological polar surface area (TPSA) is 63.4 Å². The van der Waals surface area contributed by atoms with Gasteiger partial charge in [-0.15, -0.1) is 0 Å². The Morgan fingerprint density at radius 2 is 2.05 bits per heavy atom. The summed E-state index contributed by atoms with van der Waals surface area (Å²) < 4.78 is 1.74. The van der Waals surface area contributed by atoms with Gasteiger partial charge in [0.05, 0.1) is 0 Å². The Hall–Kier alpha value is -1.98. The van der Waals surface area contributed by atoms with Gasteiger partial charge >= 0.3 is 0 Å². The lowest BCUT2D eigenvalue weighted by atomic mass is 10.1. The Kier molecular flexibility index (Phi) is 3.38. The average molecular weight is 273 g/mol. The molecule has 0 unspecified atom stereocenters. The summed E-state index contributed by atoms with van der Waals surface area (Å²) in [4.78, 5) is 22.6. The smallest absolute Gasteiger partial charge is 0.252 e. The third-order valence-electron chi connectivity index (χ3n) is 4.04. The molecule has 2 aromatic heterocycles. The number of nitrogens with zero attached hydrogens (tertiary/aromatic N) is 5. The van der Waals surface area contributed by atoms with E-state index in [0.29, 0.717) is 12.2 Å². The number of aromatic nitrogens is 4. The first-order chi connectivity index (χ1) is 9.66. The van der Waals surface area contributed by atoms with Crippen LogP contribution in [0.5, 0.6) is 0 Å². The van der Waals surface area contributed by atoms with Crippen molar-refractivity contribution < 1.29 is 4.79 Å². The molecule has 1 fully saturated rings. The fraction of sp³-hybridized carbons (Fsp3) is 0.571. The van der Waals surface area contributed by atoms with Crippen LogP contribution in [0.15, 0.2) is 6.33 Å². The summed E-state index contributed by atoms with van der Waals surface area (Å²) in [7, 11) is 0. The fourth-order valence-electron chi connectivity index (χ4n) is 2.87. The van der Waals surface area contributed by atoms with Crippen molar-refractivity contribution in [2.24, 2.45) is 0 Å². The number of hydrogen-bond acceptors (Lipinski definition) is 4. The zero-order chi connectivity index (χ0) is 14.1. The minimum Gasteiger partial charge on any atom is -0.343 e. The predicted molar refractivity (Wildman–Crippen MR) is 74.4 cm³/mol. The van der Waals surface area contributed by atoms with Gasteiger partial charge in [-0.1, -0.05) is 0 Å². The summed E-state index contributed by atoms with van der Waals surface area (Å²) in [5, 5.41) is 4.17. The lowest BCUT2D eigenvalue weighted by molar-refractivity contribution is -0.130. The van der Waals surface area contributed by atoms with Crippen LogP contribution in [-0.2, 0) is 11.2 Å². The molecule has 0 aliphatic carbocycles. The number of fused-ring (bicyclic) bond motifs is 1. The summed E-state index contributed by atoms with van der Waals surface area (Å²) in [5.74, 6) is 0.870. The minimum absolute atomic E-state index is 0.250. The lowest BCUT2D eigenvalue weighted by Gasteiger charge is -2.16. The maximum Gasteiger partial charge on any atom is 0.252 e. The molecule has 0 N–H and O–H groups in total. The molecule has 0 radical (unpaired) electrons. The van der Waals surface area contributed by atoms with Crippen LogP contribution in [0.3, 0.4) is 0 Å². The van der Waals surface area contributed by atoms with Gasteiger partial charge in [0.25, 0.3) is 5.78 Å². The van der Waals surface area contributed by atoms with Gasteiger partial charge in [-0.25, -0.2) is 9.50 Å². The second-order valence-corrected chi connectivity index (χ2v) is 5.32. The molecule has 0 spiro atoms. The first-order valence-electron chi connectivity index (χ1n) is 7.10. The molecule has 6 nitrogen and oxygen atoms in total. The van der Waals surface area contributed by atoms with E-state index in [4.69, 9.17) is 0 Å². The summed E-state index contributed by atoms with van der Waals surface area (Å²) >= 11 is 0. The van der Waals surface area contributed by atoms with Crippen molar-refractivity contribution in [1.29, 1.82) is 0 Å². The van der Waals surface area contributed by atoms with Crippen molar-refractivity contribution >= 4 is 11.7 Å². The third kappa shape index (κ3) is 2.26. The highest BCUT2D eigenvalue weighted by molar-refractivity contribution is 5.76. The van der Waals surface area contributed by atoms with Crippen LogP contribution in [0.25, 0.3) is 5.78 Å². The van der Waals surface area contributed by atoms with E-state index >= 15 is 0 Å². The van der Waals surface area contributed by atoms with E-state index in [1.807, 2.05) is 18.7 Å². The number of aryl methyl sites for hydroxylation is 2. The number of carbonyl (C=O) groups excluding carboxylic acids is 1. The van der Waals surface area contributed by atoms with Crippen LogP contribution in [-0.4, -0.2) is 43.5 Å². The monoisotopic (exact) mass is 273 g/mol. The van der Waals surface area contributed by atoms with Gasteiger partial charge in [0.2, 0.25) is 5.91 Å². The van der Waals surface area contributed by atoms with Gasteiger partial charge in [0.15, 0.2) is 0 Å². The highest BCUT2D eigenvalue weighted by atomic mass is 16.2. The van der Waals surface area contributed by atoms with E-state index in [1.165, 1.54) is 6.33 Å². The Morgan fingerprint density at radius 3 is 2.80 bits per heavy atom. The van der Waals surface area contributed by atoms with Gasteiger partial charge in [0, 0.05) is 30.9 Å². The molecule has 20 heavy (non-hydrogen) atoms. The molecular formula is C14H19N5O. The van der Waals surface area contributed by atoms with Gasteiger partial charge in [0.1, 0.15) is 6.33 Å². The van der Waals surface area contributed by atoms with Crippen LogP contribution in [0.1, 0.15) is 36.2 Å². The third-order valence-corrected chi connectivity index (χ3v) is 4.04. The van der Waals surface area contributed by atoms with Gasteiger partial charge in [-0.05, 0) is 38.7 Å². The van der Waals surface area contributed by atoms with Crippen molar-refractivity contribution in [3.8, 4) is 0 Å². The molecule has 1 saturated heterocycles. The normalized spacial score (nSPS) is 15.2. The zero-order valence-electron chi connectivity index (χ0n) is 12.0. The molecule has 6 heteroatoms. The second kappa shape index (κ2) is 5.19. The molecule has 1 amide bonds. The molecule has 2 aromatic rings. The Morgan fingerprint density at radius 1 is 1.30 bits per heavy atom. The van der Waals surface area contributed by atoms with Crippen LogP contribution in [0.4, 0.5) is 0 Å². The fourth-order valence-corrected chi connectivity index (χ4v) is 2.87. The van der Waals surface area contributed by atoms with Crippen molar-refractivity contribution in [2.75, 3.05) is 13.1 Å². The Bertz CT molecular complexity index is 642. The summed E-state index contributed by atoms with van der Waals surface area (Å²) in [6.07, 6.45) is 5.04. The Labute approximate surface area is 117 Å². The van der Waals surface area contributed by atoms with Crippen LogP contribution < -0.4 is 0 Å². The van der Waals surface area contributed by atoms with Gasteiger partial charge in [-0.2, -0.15) is 10.1 Å². The quantitative estimate of drug-likeness (QED) is 0.845. The molecule has 0 saturated carbocycles. The van der Waals surface area contributed by atoms with Crippen molar-refractivity contribution in [3.05, 3.63) is 23.3 Å². The SMILES string of the molecule is Cc1nc2ncnn2c(C)c1CCC(=O)N1CCCC1. The molecule has 0 bridgehead atoms. The molecule has 1 aliphatic heterocycles. The summed E-state index contributed by atoms with van der Waals surface area (Å²) in [6.45, 7) is 5.80. The number of hydrogen-bond donors (Lipinski definition) is 0. The standard InChI is InChI=1S/C14H19N5O/c1-10-12(5-6-13(20)18-7-3-4-8-18)11(2)19-14(17-10)15-9-16-19/h9H,3-8H2,1-2H3. The maximum atomic E-state index is 12.1. The van der Waals surface area contributed by atoms with Crippen LogP contribution >= 0.6 is 0 Å². The molecule has 106 valence electrons. The van der Waals surface area contributed by atoms with E-state index in [0.717, 1.165) is 49.3 Å². The molecule has 1 aliphatic rings. The first-order valence-corrected chi connectivity index (χ1v) is 7.10. The number of carbonyl (C=O) groups is 1. The number of likely N-dealkylation sites (tertiary alicyclic amines) is 1. The second-order valence-electron chi connectivity index (χ2n) is 5.32. The highest BCUT2D eigenvalue weighted by Crippen LogP contribution is 2.16. The average Bonchev–Trinajstić information content (AvgIpc) is 3.08. The van der Waals surface area contributed by atoms with E-state index in [2.05, 4.69) is 15.1 Å². The van der Waals surface area contributed by atoms with Crippen LogP contribution in [0, 0.1) is 13.8 Å². The van der Waals surface area contributed by atoms with Crippen molar-refractivity contribution in [2.45, 2.75) is 39.5 Å². The summed E-state index contributed by atoms with van der Waals surface area (Å²) in [6, 6.07) is 0. The Balaban J connectivity index is 1.78. The van der Waals surface area contributed by atoms with Gasteiger partial charge in [-0.3, -0.25) is 4.79 Å². The zero-order valence-corrected chi connectivity index (χ0v) is 12.0. The molecule has 0 aromatic carbocycles. The minimum atomic E-state index is 0.250. The molecule has 3 heterocycles. The molecule has 0 atom stereocenters. The van der Waals surface area contributed by atoms with Gasteiger partial charge < -0.3 is 4.90 Å². The first kappa shape index (κ1) is 13.0. The van der Waals surface area contributed by atoms with E-state index < -0.39 is 0 Å². The maximum absolute atomic E-state index is 12.1. The highest BCUT2D eigenvalue weighted by Gasteiger charge is 2.19. The van der Waals surface area contributed by atoms with E-state index in [1.54, 1.807) is 4.52 Å². The van der Waals surface area contributed by atoms with Crippen molar-refractivity contribution in [3.63, 3.8) is 0 Å². The van der Waals surface area contributed by atoms with Crippen LogP contribution in [0.2, 0.25) is 0 Å². The summed E-state index contributed by atoms with van der Waals surface area (Å²) in [5.41, 5.74) is 3.08.